The second-order valence-electron chi connectivity index (χ2n) is 9.10. The van der Waals surface area contributed by atoms with Crippen LogP contribution in [-0.4, -0.2) is 38.7 Å². The molecule has 0 saturated heterocycles. The first kappa shape index (κ1) is 24.7. The molecule has 13 heteroatoms. The highest BCUT2D eigenvalue weighted by Crippen LogP contribution is 2.32. The van der Waals surface area contributed by atoms with Crippen LogP contribution in [0.2, 0.25) is 5.02 Å². The van der Waals surface area contributed by atoms with E-state index in [1.165, 1.54) is 24.3 Å². The zero-order chi connectivity index (χ0) is 27.1. The second-order valence-corrected chi connectivity index (χ2v) is 9.51. The van der Waals surface area contributed by atoms with Crippen LogP contribution in [0, 0.1) is 11.6 Å². The van der Waals surface area contributed by atoms with Crippen LogP contribution in [-0.2, 0) is 13.0 Å². The number of hydrogen-bond donors (Lipinski definition) is 2. The maximum atomic E-state index is 14.5. The fourth-order valence-corrected chi connectivity index (χ4v) is 4.88. The van der Waals surface area contributed by atoms with E-state index in [1.807, 2.05) is 18.2 Å². The minimum Gasteiger partial charge on any atom is -0.347 e. The molecular weight excluding hydrogens is 530 g/mol. The van der Waals surface area contributed by atoms with Gasteiger partial charge in [-0.3, -0.25) is 9.59 Å². The van der Waals surface area contributed by atoms with Crippen molar-refractivity contribution in [2.24, 2.45) is 15.4 Å². The molecule has 1 atom stereocenters. The smallest absolute Gasteiger partial charge is 0.270 e. The summed E-state index contributed by atoms with van der Waals surface area (Å²) in [7, 11) is 0. The third-order valence-electron chi connectivity index (χ3n) is 6.64. The van der Waals surface area contributed by atoms with E-state index in [-0.39, 0.29) is 34.6 Å². The van der Waals surface area contributed by atoms with Crippen LogP contribution in [0.4, 0.5) is 8.78 Å². The Morgan fingerprint density at radius 3 is 2.74 bits per heavy atom. The third-order valence-corrected chi connectivity index (χ3v) is 6.93. The molecule has 2 amide bonds. The number of amides is 2. The van der Waals surface area contributed by atoms with Gasteiger partial charge >= 0.3 is 0 Å². The van der Waals surface area contributed by atoms with Crippen LogP contribution >= 0.6 is 11.6 Å². The predicted molar refractivity (Wildman–Crippen MR) is 137 cm³/mol. The van der Waals surface area contributed by atoms with E-state index in [0.29, 0.717) is 18.5 Å². The molecule has 0 fully saturated rings. The Morgan fingerprint density at radius 1 is 1.08 bits per heavy atom. The van der Waals surface area contributed by atoms with Crippen molar-refractivity contribution in [3.05, 3.63) is 99.0 Å². The minimum absolute atomic E-state index is 0.0183. The van der Waals surface area contributed by atoms with E-state index in [4.69, 9.17) is 11.6 Å². The zero-order valence-corrected chi connectivity index (χ0v) is 20.9. The molecule has 0 unspecified atom stereocenters. The van der Waals surface area contributed by atoms with Crippen molar-refractivity contribution in [1.82, 2.24) is 25.2 Å². The molecule has 2 N–H and O–H groups in total. The van der Waals surface area contributed by atoms with Crippen LogP contribution in [0.15, 0.2) is 64.1 Å². The number of carbonyl (C=O) groups excluding carboxylic acids is 2. The van der Waals surface area contributed by atoms with Crippen LogP contribution in [0.25, 0.3) is 5.65 Å². The summed E-state index contributed by atoms with van der Waals surface area (Å²) in [6.07, 6.45) is 2.35. The third kappa shape index (κ3) is 4.74. The Kier molecular flexibility index (Phi) is 6.31. The fourth-order valence-electron chi connectivity index (χ4n) is 4.68. The largest absolute Gasteiger partial charge is 0.347 e. The molecule has 196 valence electrons. The molecule has 1 aliphatic heterocycles. The number of nitrogens with one attached hydrogen (secondary N) is 2. The fraction of sp³-hybridized carbons (Fsp3) is 0.192. The van der Waals surface area contributed by atoms with Crippen molar-refractivity contribution >= 4 is 34.8 Å². The molecule has 4 aromatic rings. The normalized spacial score (nSPS) is 15.9. The lowest BCUT2D eigenvalue weighted by Gasteiger charge is -2.15. The number of halogens is 3. The number of aryl methyl sites for hydroxylation is 1. The van der Waals surface area contributed by atoms with Crippen LogP contribution < -0.4 is 10.6 Å². The van der Waals surface area contributed by atoms with Crippen LogP contribution in [0.3, 0.4) is 0 Å². The average Bonchev–Trinajstić information content (AvgIpc) is 3.69. The van der Waals surface area contributed by atoms with Gasteiger partial charge in [0.25, 0.3) is 11.8 Å². The summed E-state index contributed by atoms with van der Waals surface area (Å²) in [6.45, 7) is 0.454. The van der Waals surface area contributed by atoms with Gasteiger partial charge in [0.15, 0.2) is 11.5 Å². The number of nitrogens with zero attached hydrogens (tertiary/aromatic N) is 6. The summed E-state index contributed by atoms with van der Waals surface area (Å²) in [5, 5.41) is 21.0. The Morgan fingerprint density at radius 2 is 1.95 bits per heavy atom. The van der Waals surface area contributed by atoms with Gasteiger partial charge in [-0.2, -0.15) is 10.2 Å². The molecule has 3 heterocycles. The van der Waals surface area contributed by atoms with Gasteiger partial charge in [-0.05, 0) is 53.0 Å². The standard InChI is InChI=1S/C26H19ClF2N8O2/c27-17-7-13(1-5-18(17)28)10-30-25(38)21-9-23(37-24(33-21)19(29)11-32-37)26(39)34-20-6-3-14-8-15(2-4-16(14)20)22-12-31-36-35-22/h1-2,4-5,7-9,11,20H,3,6,10,12H2,(H,30,38)(H,34,39)/t20-/m0/s1. The number of benzene rings is 2. The van der Waals surface area contributed by atoms with Crippen LogP contribution in [0.5, 0.6) is 0 Å². The maximum Gasteiger partial charge on any atom is 0.270 e. The molecule has 39 heavy (non-hydrogen) atoms. The average molecular weight is 549 g/mol. The van der Waals surface area contributed by atoms with Crippen molar-refractivity contribution in [2.45, 2.75) is 25.4 Å². The highest BCUT2D eigenvalue weighted by atomic mass is 35.5. The molecular formula is C26H19ClF2N8O2. The highest BCUT2D eigenvalue weighted by Gasteiger charge is 2.27. The number of hydrogen-bond acceptors (Lipinski definition) is 7. The van der Waals surface area contributed by atoms with E-state index >= 15 is 0 Å². The van der Waals surface area contributed by atoms with Gasteiger partial charge in [-0.1, -0.05) is 29.8 Å². The lowest BCUT2D eigenvalue weighted by atomic mass is 10.0. The second kappa shape index (κ2) is 9.95. The molecule has 10 nitrogen and oxygen atoms in total. The summed E-state index contributed by atoms with van der Waals surface area (Å²) < 4.78 is 28.9. The van der Waals surface area contributed by atoms with Crippen molar-refractivity contribution in [2.75, 3.05) is 6.54 Å². The van der Waals surface area contributed by atoms with E-state index in [9.17, 15) is 18.4 Å². The molecule has 2 aromatic heterocycles. The quantitative estimate of drug-likeness (QED) is 0.375. The van der Waals surface area contributed by atoms with Crippen molar-refractivity contribution in [1.29, 1.82) is 0 Å². The van der Waals surface area contributed by atoms with Gasteiger partial charge < -0.3 is 10.6 Å². The summed E-state index contributed by atoms with van der Waals surface area (Å²) in [6, 6.07) is 10.9. The van der Waals surface area contributed by atoms with Crippen molar-refractivity contribution in [3.8, 4) is 0 Å². The molecule has 6 rings (SSSR count). The zero-order valence-electron chi connectivity index (χ0n) is 20.2. The molecule has 0 saturated carbocycles. The monoisotopic (exact) mass is 548 g/mol. The lowest BCUT2D eigenvalue weighted by molar-refractivity contribution is 0.0929. The summed E-state index contributed by atoms with van der Waals surface area (Å²) >= 11 is 5.80. The number of aromatic nitrogens is 3. The molecule has 2 aromatic carbocycles. The van der Waals surface area contributed by atoms with Gasteiger partial charge in [0.1, 0.15) is 23.7 Å². The van der Waals surface area contributed by atoms with Gasteiger partial charge in [0, 0.05) is 18.2 Å². The topological polar surface area (TPSA) is 125 Å². The summed E-state index contributed by atoms with van der Waals surface area (Å²) in [4.78, 5) is 30.3. The molecule has 0 bridgehead atoms. The lowest BCUT2D eigenvalue weighted by Crippen LogP contribution is -2.30. The van der Waals surface area contributed by atoms with E-state index in [1.54, 1.807) is 0 Å². The minimum atomic E-state index is -0.781. The summed E-state index contributed by atoms with van der Waals surface area (Å²) in [5.74, 6) is -2.55. The van der Waals surface area contributed by atoms with E-state index in [0.717, 1.165) is 39.5 Å². The number of carbonyl (C=O) groups is 2. The maximum absolute atomic E-state index is 14.5. The first-order chi connectivity index (χ1) is 18.9. The molecule has 0 spiro atoms. The Balaban J connectivity index is 1.23. The van der Waals surface area contributed by atoms with Crippen molar-refractivity contribution in [3.63, 3.8) is 0 Å². The van der Waals surface area contributed by atoms with Gasteiger partial charge in [0.2, 0.25) is 0 Å². The summed E-state index contributed by atoms with van der Waals surface area (Å²) in [5.41, 5.74) is 3.84. The Bertz CT molecular complexity index is 1720. The Labute approximate surface area is 224 Å². The molecule has 2 aliphatic rings. The number of rotatable bonds is 6. The van der Waals surface area contributed by atoms with Crippen LogP contribution in [0.1, 0.15) is 55.7 Å². The molecule has 1 aliphatic carbocycles. The highest BCUT2D eigenvalue weighted by molar-refractivity contribution is 6.30. The number of fused-ring (bicyclic) bond motifs is 2. The van der Waals surface area contributed by atoms with E-state index < -0.39 is 23.4 Å². The Hall–Kier alpha value is -4.58. The predicted octanol–water partition coefficient (Wildman–Crippen LogP) is 4.18. The van der Waals surface area contributed by atoms with E-state index in [2.05, 4.69) is 36.2 Å². The first-order valence-electron chi connectivity index (χ1n) is 12.0. The van der Waals surface area contributed by atoms with Gasteiger partial charge in [-0.15, -0.1) is 5.10 Å². The van der Waals surface area contributed by atoms with Gasteiger partial charge in [0.05, 0.1) is 23.0 Å². The van der Waals surface area contributed by atoms with Crippen molar-refractivity contribution < 1.29 is 18.4 Å². The SMILES string of the molecule is O=C(NCc1ccc(F)c(Cl)c1)c1cc(C(=O)N[C@H]2CCc3cc(C4=NN=NC4)ccc32)n2ncc(F)c2n1. The van der Waals surface area contributed by atoms with Gasteiger partial charge in [-0.25, -0.2) is 18.3 Å². The molecule has 0 radical (unpaired) electrons. The first-order valence-corrected chi connectivity index (χ1v) is 12.4.